The molecule has 0 aliphatic heterocycles. The van der Waals surface area contributed by atoms with E-state index in [-0.39, 0.29) is 5.82 Å². The minimum Gasteiger partial charge on any atom is -0.207 e. The number of fused-ring (bicyclic) bond motifs is 3. The molecule has 3 unspecified atom stereocenters. The summed E-state index contributed by atoms with van der Waals surface area (Å²) >= 11 is 0. The Balaban J connectivity index is 1.30. The highest BCUT2D eigenvalue weighted by atomic mass is 19.1. The Morgan fingerprint density at radius 2 is 1.48 bits per heavy atom. The molecule has 0 heterocycles. The third kappa shape index (κ3) is 8.46. The molecule has 0 radical (unpaired) electrons. The maximum Gasteiger partial charge on any atom is 0.123 e. The number of hydrogen-bond acceptors (Lipinski definition) is 0. The van der Waals surface area contributed by atoms with E-state index < -0.39 is 0 Å². The van der Waals surface area contributed by atoms with Crippen molar-refractivity contribution in [3.05, 3.63) is 89.3 Å². The molecule has 2 aromatic rings. The van der Waals surface area contributed by atoms with Crippen LogP contribution < -0.4 is 0 Å². The largest absolute Gasteiger partial charge is 0.207 e. The zero-order valence-electron chi connectivity index (χ0n) is 29.9. The summed E-state index contributed by atoms with van der Waals surface area (Å²) in [7, 11) is 0. The van der Waals surface area contributed by atoms with Crippen LogP contribution in [0.4, 0.5) is 4.39 Å². The van der Waals surface area contributed by atoms with Crippen molar-refractivity contribution in [1.29, 1.82) is 0 Å². The first-order chi connectivity index (χ1) is 22.4. The second-order valence-corrected chi connectivity index (χ2v) is 16.0. The van der Waals surface area contributed by atoms with Gasteiger partial charge in [0.1, 0.15) is 5.82 Å². The van der Waals surface area contributed by atoms with Crippen molar-refractivity contribution < 1.29 is 4.39 Å². The topological polar surface area (TPSA) is 0 Å². The standard InChI is InChI=1S/C45H65F/c1-6-8-10-12-17-36(18-13-11-9-7-2)34(4)27-30-45(29-15-16-33(3)37-22-24-38(46)25-23-37)31-28-40-42-26-21-35(5)39-19-14-20-41(44(39)42)43(40)32-45/h14,19-20,22-25,35-36,40,42-43H,3-4,6-13,15-18,21,26-32H2,1-2,5H3/t35?,40-,42?,43-,45?/m1/s1. The van der Waals surface area contributed by atoms with E-state index in [9.17, 15) is 4.39 Å². The summed E-state index contributed by atoms with van der Waals surface area (Å²) in [5, 5.41) is 0. The fourth-order valence-corrected chi connectivity index (χ4v) is 10.1. The van der Waals surface area contributed by atoms with Gasteiger partial charge < -0.3 is 0 Å². The molecule has 1 fully saturated rings. The molecular formula is C45H65F. The Bertz CT molecular complexity index is 1260. The van der Waals surface area contributed by atoms with Gasteiger partial charge in [-0.2, -0.15) is 0 Å². The number of hydrogen-bond donors (Lipinski definition) is 0. The third-order valence-electron chi connectivity index (χ3n) is 12.9. The first-order valence-corrected chi connectivity index (χ1v) is 19.6. The Morgan fingerprint density at radius 1 is 0.783 bits per heavy atom. The van der Waals surface area contributed by atoms with Crippen LogP contribution in [-0.2, 0) is 0 Å². The van der Waals surface area contributed by atoms with E-state index in [1.165, 1.54) is 122 Å². The molecule has 0 nitrogen and oxygen atoms in total. The van der Waals surface area contributed by atoms with Gasteiger partial charge in [0, 0.05) is 0 Å². The molecule has 46 heavy (non-hydrogen) atoms. The maximum absolute atomic E-state index is 13.6. The molecule has 5 atom stereocenters. The Morgan fingerprint density at radius 3 is 2.17 bits per heavy atom. The van der Waals surface area contributed by atoms with E-state index >= 15 is 0 Å². The molecule has 0 saturated heterocycles. The van der Waals surface area contributed by atoms with Crippen molar-refractivity contribution in [2.75, 3.05) is 0 Å². The number of allylic oxidation sites excluding steroid dienone is 2. The van der Waals surface area contributed by atoms with Gasteiger partial charge in [0.15, 0.2) is 0 Å². The molecule has 2 aromatic carbocycles. The lowest BCUT2D eigenvalue weighted by Crippen LogP contribution is -2.33. The van der Waals surface area contributed by atoms with Crippen molar-refractivity contribution in [3.8, 4) is 0 Å². The van der Waals surface area contributed by atoms with Gasteiger partial charge in [0.2, 0.25) is 0 Å². The van der Waals surface area contributed by atoms with E-state index in [0.717, 1.165) is 35.3 Å². The molecule has 0 aromatic heterocycles. The van der Waals surface area contributed by atoms with Gasteiger partial charge in [-0.25, -0.2) is 4.39 Å². The second-order valence-electron chi connectivity index (χ2n) is 16.0. The van der Waals surface area contributed by atoms with Crippen LogP contribution in [0, 0.1) is 23.1 Å². The molecule has 252 valence electrons. The zero-order chi connectivity index (χ0) is 32.5. The van der Waals surface area contributed by atoms with E-state index in [2.05, 4.69) is 45.5 Å². The highest BCUT2D eigenvalue weighted by Crippen LogP contribution is 2.63. The fraction of sp³-hybridized carbons (Fsp3) is 0.644. The first-order valence-electron chi connectivity index (χ1n) is 19.6. The monoisotopic (exact) mass is 625 g/mol. The Labute approximate surface area is 282 Å². The van der Waals surface area contributed by atoms with Gasteiger partial charge in [-0.15, -0.1) is 0 Å². The third-order valence-corrected chi connectivity index (χ3v) is 12.9. The lowest BCUT2D eigenvalue weighted by atomic mass is 9.59. The number of benzene rings is 2. The second kappa shape index (κ2) is 16.8. The molecule has 0 amide bonds. The van der Waals surface area contributed by atoms with Gasteiger partial charge >= 0.3 is 0 Å². The summed E-state index contributed by atoms with van der Waals surface area (Å²) in [5.41, 5.74) is 9.36. The van der Waals surface area contributed by atoms with Crippen LogP contribution in [0.15, 0.2) is 61.2 Å². The van der Waals surface area contributed by atoms with E-state index in [0.29, 0.717) is 17.3 Å². The van der Waals surface area contributed by atoms with Crippen LogP contribution in [0.25, 0.3) is 5.57 Å². The quantitative estimate of drug-likeness (QED) is 0.108. The van der Waals surface area contributed by atoms with Gasteiger partial charge in [0.05, 0.1) is 0 Å². The predicted molar refractivity (Wildman–Crippen MR) is 198 cm³/mol. The number of halogens is 1. The Hall–Kier alpha value is -2.15. The number of rotatable bonds is 19. The average molecular weight is 625 g/mol. The van der Waals surface area contributed by atoms with E-state index in [1.54, 1.807) is 34.4 Å². The highest BCUT2D eigenvalue weighted by molar-refractivity contribution is 5.63. The molecule has 3 aliphatic rings. The minimum atomic E-state index is -0.168. The molecule has 0 spiro atoms. The number of unbranched alkanes of at least 4 members (excludes halogenated alkanes) is 6. The lowest BCUT2D eigenvalue weighted by Gasteiger charge is -2.45. The fourth-order valence-electron chi connectivity index (χ4n) is 10.1. The highest BCUT2D eigenvalue weighted by Gasteiger charge is 2.50. The summed E-state index contributed by atoms with van der Waals surface area (Å²) < 4.78 is 13.6. The summed E-state index contributed by atoms with van der Waals surface area (Å²) in [6.45, 7) is 16.4. The SMILES string of the molecule is C=C(CCCC1(CCC(=C)C(CCCCCC)CCCCCC)CC[C@@H]2C3CCC(C)c4cccc(c43)[C@@H]2C1)c1ccc(F)cc1. The van der Waals surface area contributed by atoms with Crippen molar-refractivity contribution >= 4 is 5.57 Å². The molecule has 1 heteroatoms. The van der Waals surface area contributed by atoms with E-state index in [1.807, 2.05) is 12.1 Å². The average Bonchev–Trinajstić information content (AvgIpc) is 3.38. The predicted octanol–water partition coefficient (Wildman–Crippen LogP) is 14.5. The summed E-state index contributed by atoms with van der Waals surface area (Å²) in [4.78, 5) is 0. The molecule has 0 bridgehead atoms. The normalized spacial score (nSPS) is 25.0. The van der Waals surface area contributed by atoms with Crippen LogP contribution in [0.5, 0.6) is 0 Å². The first kappa shape index (κ1) is 35.2. The van der Waals surface area contributed by atoms with Crippen LogP contribution in [-0.4, -0.2) is 0 Å². The molecule has 1 saturated carbocycles. The molecule has 3 aliphatic carbocycles. The molecular weight excluding hydrogens is 559 g/mol. The van der Waals surface area contributed by atoms with Crippen molar-refractivity contribution in [3.63, 3.8) is 0 Å². The van der Waals surface area contributed by atoms with Gasteiger partial charge in [-0.05, 0) is 152 Å². The molecule has 5 rings (SSSR count). The van der Waals surface area contributed by atoms with Crippen molar-refractivity contribution in [2.24, 2.45) is 17.3 Å². The van der Waals surface area contributed by atoms with Gasteiger partial charge in [-0.1, -0.05) is 121 Å². The summed E-state index contributed by atoms with van der Waals surface area (Å²) in [6, 6.07) is 14.3. The van der Waals surface area contributed by atoms with E-state index in [4.69, 9.17) is 6.58 Å². The van der Waals surface area contributed by atoms with Gasteiger partial charge in [-0.3, -0.25) is 0 Å². The maximum atomic E-state index is 13.6. The van der Waals surface area contributed by atoms with Crippen LogP contribution in [0.1, 0.15) is 189 Å². The zero-order valence-corrected chi connectivity index (χ0v) is 29.9. The smallest absolute Gasteiger partial charge is 0.123 e. The van der Waals surface area contributed by atoms with Gasteiger partial charge in [0.25, 0.3) is 0 Å². The summed E-state index contributed by atoms with van der Waals surface area (Å²) in [6.07, 6.45) is 26.3. The van der Waals surface area contributed by atoms with Crippen LogP contribution >= 0.6 is 0 Å². The van der Waals surface area contributed by atoms with Crippen LogP contribution in [0.3, 0.4) is 0 Å². The van der Waals surface area contributed by atoms with Crippen molar-refractivity contribution in [2.45, 2.75) is 167 Å². The Kier molecular flexibility index (Phi) is 12.8. The lowest BCUT2D eigenvalue weighted by molar-refractivity contribution is 0.0954. The van der Waals surface area contributed by atoms with Crippen molar-refractivity contribution in [1.82, 2.24) is 0 Å². The summed E-state index contributed by atoms with van der Waals surface area (Å²) in [5.74, 6) is 3.62. The minimum absolute atomic E-state index is 0.168. The molecule has 0 N–H and O–H groups in total. The van der Waals surface area contributed by atoms with Crippen LogP contribution in [0.2, 0.25) is 0 Å².